The number of hydrogen-bond donors (Lipinski definition) is 1. The van der Waals surface area contributed by atoms with Gasteiger partial charge in [0, 0.05) is 0 Å². The van der Waals surface area contributed by atoms with Crippen molar-refractivity contribution in [3.8, 4) is 0 Å². The van der Waals surface area contributed by atoms with E-state index in [2.05, 4.69) is 61.3 Å². The smallest absolute Gasteiger partial charge is 0.164 e. The van der Waals surface area contributed by atoms with Crippen LogP contribution in [0.1, 0.15) is 36.4 Å². The average Bonchev–Trinajstić information content (AvgIpc) is 2.74. The van der Waals surface area contributed by atoms with Crippen molar-refractivity contribution in [2.75, 3.05) is 6.54 Å². The highest BCUT2D eigenvalue weighted by Crippen LogP contribution is 2.10. The highest BCUT2D eigenvalue weighted by molar-refractivity contribution is 5.28. The minimum Gasteiger partial charge on any atom is -0.310 e. The van der Waals surface area contributed by atoms with Crippen LogP contribution in [0.5, 0.6) is 0 Å². The zero-order valence-electron chi connectivity index (χ0n) is 12.8. The molecule has 0 fully saturated rings. The van der Waals surface area contributed by atoms with Crippen LogP contribution in [0.3, 0.4) is 0 Å². The molecule has 1 N–H and O–H groups in total. The summed E-state index contributed by atoms with van der Waals surface area (Å²) in [5, 5.41) is 7.86. The first kappa shape index (κ1) is 14.7. The Kier molecular flexibility index (Phi) is 4.90. The van der Waals surface area contributed by atoms with E-state index in [1.807, 2.05) is 11.0 Å². The van der Waals surface area contributed by atoms with E-state index in [1.54, 1.807) is 0 Å². The standard InChI is InChI=1S/C16H24N4/c1-12(2)8-17-9-16-18-11-20(19-16)10-15-6-13(3)5-14(4)7-15/h5-7,11-12,17H,8-10H2,1-4H3. The van der Waals surface area contributed by atoms with Crippen LogP contribution in [0.25, 0.3) is 0 Å². The molecular formula is C16H24N4. The van der Waals surface area contributed by atoms with Gasteiger partial charge < -0.3 is 5.32 Å². The summed E-state index contributed by atoms with van der Waals surface area (Å²) < 4.78 is 1.90. The molecule has 1 aromatic heterocycles. The SMILES string of the molecule is Cc1cc(C)cc(Cn2cnc(CNCC(C)C)n2)c1. The highest BCUT2D eigenvalue weighted by atomic mass is 15.3. The summed E-state index contributed by atoms with van der Waals surface area (Å²) in [6.07, 6.45) is 1.81. The van der Waals surface area contributed by atoms with Crippen LogP contribution in [-0.4, -0.2) is 21.3 Å². The van der Waals surface area contributed by atoms with Crippen molar-refractivity contribution in [2.45, 2.75) is 40.8 Å². The van der Waals surface area contributed by atoms with Crippen LogP contribution in [0, 0.1) is 19.8 Å². The summed E-state index contributed by atoms with van der Waals surface area (Å²) in [7, 11) is 0. The molecule has 0 saturated carbocycles. The summed E-state index contributed by atoms with van der Waals surface area (Å²) in [5.41, 5.74) is 3.85. The fourth-order valence-electron chi connectivity index (χ4n) is 2.31. The van der Waals surface area contributed by atoms with E-state index in [4.69, 9.17) is 0 Å². The number of aromatic nitrogens is 3. The molecule has 0 atom stereocenters. The third kappa shape index (κ3) is 4.46. The van der Waals surface area contributed by atoms with E-state index in [-0.39, 0.29) is 0 Å². The van der Waals surface area contributed by atoms with Crippen molar-refractivity contribution in [1.29, 1.82) is 0 Å². The largest absolute Gasteiger partial charge is 0.310 e. The molecule has 0 amide bonds. The van der Waals surface area contributed by atoms with E-state index in [9.17, 15) is 0 Å². The van der Waals surface area contributed by atoms with Crippen molar-refractivity contribution in [3.63, 3.8) is 0 Å². The van der Waals surface area contributed by atoms with Gasteiger partial charge in [-0.3, -0.25) is 0 Å². The molecule has 108 valence electrons. The first-order chi connectivity index (χ1) is 9.52. The molecule has 0 aliphatic heterocycles. The fourth-order valence-corrected chi connectivity index (χ4v) is 2.31. The van der Waals surface area contributed by atoms with Gasteiger partial charge in [0.05, 0.1) is 13.1 Å². The van der Waals surface area contributed by atoms with E-state index in [0.29, 0.717) is 5.92 Å². The van der Waals surface area contributed by atoms with Gasteiger partial charge >= 0.3 is 0 Å². The molecule has 0 bridgehead atoms. The van der Waals surface area contributed by atoms with E-state index >= 15 is 0 Å². The van der Waals surface area contributed by atoms with Gasteiger partial charge in [-0.15, -0.1) is 0 Å². The maximum absolute atomic E-state index is 4.50. The molecular weight excluding hydrogens is 248 g/mol. The second-order valence-electron chi connectivity index (χ2n) is 5.88. The summed E-state index contributed by atoms with van der Waals surface area (Å²) in [6, 6.07) is 6.59. The molecule has 0 aliphatic carbocycles. The lowest BCUT2D eigenvalue weighted by molar-refractivity contribution is 0.539. The van der Waals surface area contributed by atoms with Crippen LogP contribution in [-0.2, 0) is 13.1 Å². The molecule has 0 spiro atoms. The summed E-state index contributed by atoms with van der Waals surface area (Å²) in [5.74, 6) is 1.50. The topological polar surface area (TPSA) is 42.7 Å². The van der Waals surface area contributed by atoms with Gasteiger partial charge in [-0.1, -0.05) is 43.2 Å². The van der Waals surface area contributed by atoms with E-state index < -0.39 is 0 Å². The second kappa shape index (κ2) is 6.66. The molecule has 2 aromatic rings. The zero-order valence-corrected chi connectivity index (χ0v) is 12.8. The van der Waals surface area contributed by atoms with Gasteiger partial charge in [-0.05, 0) is 31.9 Å². The quantitative estimate of drug-likeness (QED) is 0.879. The van der Waals surface area contributed by atoms with Crippen molar-refractivity contribution in [2.24, 2.45) is 5.92 Å². The third-order valence-electron chi connectivity index (χ3n) is 3.05. The van der Waals surface area contributed by atoms with E-state index in [0.717, 1.165) is 25.5 Å². The summed E-state index contributed by atoms with van der Waals surface area (Å²) >= 11 is 0. The minimum atomic E-state index is 0.646. The normalized spacial score (nSPS) is 11.2. The Morgan fingerprint density at radius 1 is 1.15 bits per heavy atom. The average molecular weight is 272 g/mol. The summed E-state index contributed by atoms with van der Waals surface area (Å²) in [4.78, 5) is 4.34. The number of benzene rings is 1. The maximum atomic E-state index is 4.50. The Morgan fingerprint density at radius 3 is 2.50 bits per heavy atom. The Labute approximate surface area is 121 Å². The van der Waals surface area contributed by atoms with Crippen molar-refractivity contribution < 1.29 is 0 Å². The van der Waals surface area contributed by atoms with Crippen LogP contribution in [0.15, 0.2) is 24.5 Å². The second-order valence-corrected chi connectivity index (χ2v) is 5.88. The number of nitrogens with one attached hydrogen (secondary N) is 1. The molecule has 4 heteroatoms. The van der Waals surface area contributed by atoms with Gasteiger partial charge in [0.15, 0.2) is 5.82 Å². The Hall–Kier alpha value is -1.68. The van der Waals surface area contributed by atoms with Crippen molar-refractivity contribution in [1.82, 2.24) is 20.1 Å². The Bertz CT molecular complexity index is 537. The number of rotatable bonds is 6. The minimum absolute atomic E-state index is 0.646. The molecule has 4 nitrogen and oxygen atoms in total. The molecule has 2 rings (SSSR count). The van der Waals surface area contributed by atoms with Crippen molar-refractivity contribution >= 4 is 0 Å². The first-order valence-electron chi connectivity index (χ1n) is 7.19. The van der Waals surface area contributed by atoms with Crippen LogP contribution in [0.4, 0.5) is 0 Å². The highest BCUT2D eigenvalue weighted by Gasteiger charge is 2.03. The van der Waals surface area contributed by atoms with Crippen molar-refractivity contribution in [3.05, 3.63) is 47.0 Å². The fraction of sp³-hybridized carbons (Fsp3) is 0.500. The van der Waals surface area contributed by atoms with Crippen LogP contribution in [0.2, 0.25) is 0 Å². The number of hydrogen-bond acceptors (Lipinski definition) is 3. The lowest BCUT2D eigenvalue weighted by atomic mass is 10.1. The molecule has 20 heavy (non-hydrogen) atoms. The molecule has 1 heterocycles. The van der Waals surface area contributed by atoms with Gasteiger partial charge in [0.25, 0.3) is 0 Å². The first-order valence-corrected chi connectivity index (χ1v) is 7.19. The monoisotopic (exact) mass is 272 g/mol. The van der Waals surface area contributed by atoms with Crippen LogP contribution >= 0.6 is 0 Å². The molecule has 0 aliphatic rings. The lowest BCUT2D eigenvalue weighted by Crippen LogP contribution is -2.19. The lowest BCUT2D eigenvalue weighted by Gasteiger charge is -2.05. The summed E-state index contributed by atoms with van der Waals surface area (Å²) in [6.45, 7) is 11.1. The van der Waals surface area contributed by atoms with Crippen LogP contribution < -0.4 is 5.32 Å². The zero-order chi connectivity index (χ0) is 14.5. The number of nitrogens with zero attached hydrogens (tertiary/aromatic N) is 3. The molecule has 0 unspecified atom stereocenters. The Morgan fingerprint density at radius 2 is 1.85 bits per heavy atom. The van der Waals surface area contributed by atoms with Gasteiger partial charge in [0.1, 0.15) is 6.33 Å². The van der Waals surface area contributed by atoms with Gasteiger partial charge in [-0.25, -0.2) is 9.67 Å². The van der Waals surface area contributed by atoms with E-state index in [1.165, 1.54) is 16.7 Å². The molecule has 0 saturated heterocycles. The third-order valence-corrected chi connectivity index (χ3v) is 3.05. The molecule has 1 aromatic carbocycles. The number of aryl methyl sites for hydroxylation is 2. The maximum Gasteiger partial charge on any atom is 0.164 e. The van der Waals surface area contributed by atoms with Gasteiger partial charge in [0.2, 0.25) is 0 Å². The molecule has 0 radical (unpaired) electrons. The predicted molar refractivity (Wildman–Crippen MR) is 81.6 cm³/mol. The Balaban J connectivity index is 1.95. The van der Waals surface area contributed by atoms with Gasteiger partial charge in [-0.2, -0.15) is 5.10 Å². The predicted octanol–water partition coefficient (Wildman–Crippen LogP) is 2.69.